The molecule has 3 aromatic heterocycles. The minimum absolute atomic E-state index is 0.277. The molecule has 39 heavy (non-hydrogen) atoms. The summed E-state index contributed by atoms with van der Waals surface area (Å²) in [7, 11) is 5.06. The van der Waals surface area contributed by atoms with Gasteiger partial charge in [-0.25, -0.2) is 9.97 Å². The van der Waals surface area contributed by atoms with Crippen LogP contribution in [0.25, 0.3) is 33.6 Å². The van der Waals surface area contributed by atoms with Crippen LogP contribution in [0.4, 0.5) is 5.82 Å². The largest absolute Gasteiger partial charge is 0.497 e. The number of hydrogen-bond donors (Lipinski definition) is 2. The summed E-state index contributed by atoms with van der Waals surface area (Å²) in [6.07, 6.45) is 5.54. The summed E-state index contributed by atoms with van der Waals surface area (Å²) in [5, 5.41) is 3.75. The first-order valence-electron chi connectivity index (χ1n) is 12.3. The molecule has 0 aliphatic rings. The lowest BCUT2D eigenvalue weighted by atomic mass is 10.0. The lowest BCUT2D eigenvalue weighted by Crippen LogP contribution is -2.16. The Labute approximate surface area is 231 Å². The molecule has 1 amide bonds. The number of methoxy groups -OCH3 is 2. The molecule has 2 N–H and O–H groups in total. The van der Waals surface area contributed by atoms with Gasteiger partial charge in [-0.15, -0.1) is 0 Å². The van der Waals surface area contributed by atoms with E-state index in [1.54, 1.807) is 36.7 Å². The van der Waals surface area contributed by atoms with Crippen LogP contribution in [0.5, 0.6) is 11.5 Å². The van der Waals surface area contributed by atoms with Gasteiger partial charge in [0.1, 0.15) is 23.0 Å². The molecular weight excluding hydrogens is 510 g/mol. The van der Waals surface area contributed by atoms with Gasteiger partial charge in [-0.3, -0.25) is 4.79 Å². The zero-order valence-electron chi connectivity index (χ0n) is 22.4. The molecule has 0 aliphatic heterocycles. The summed E-state index contributed by atoms with van der Waals surface area (Å²) in [4.78, 5) is 25.9. The van der Waals surface area contributed by atoms with Crippen LogP contribution >= 0.6 is 11.8 Å². The molecule has 0 atom stereocenters. The molecule has 2 aromatic carbocycles. The first kappa shape index (κ1) is 26.1. The van der Waals surface area contributed by atoms with E-state index >= 15 is 0 Å². The van der Waals surface area contributed by atoms with Gasteiger partial charge in [0.05, 0.1) is 25.6 Å². The lowest BCUT2D eigenvalue weighted by Gasteiger charge is -2.09. The van der Waals surface area contributed by atoms with E-state index in [4.69, 9.17) is 14.5 Å². The van der Waals surface area contributed by atoms with E-state index in [1.165, 1.54) is 5.56 Å². The molecule has 5 rings (SSSR count). The summed E-state index contributed by atoms with van der Waals surface area (Å²) in [5.74, 6) is 1.55. The third kappa shape index (κ3) is 5.39. The standard InChI is InChI=1S/C30H29N5O3S/c1-18-6-8-19(9-7-18)27-28(34-30(33-27)39-5)20-12-13-31-26(15-20)32-29(36)24-14-21(17-35(24)2)23-16-22(37-3)10-11-25(23)38-4/h6-17H,1-5H3,(H,33,34)(H,31,32,36). The van der Waals surface area contributed by atoms with Crippen molar-refractivity contribution in [1.29, 1.82) is 0 Å². The maximum absolute atomic E-state index is 13.3. The van der Waals surface area contributed by atoms with Crippen molar-refractivity contribution in [1.82, 2.24) is 19.5 Å². The summed E-state index contributed by atoms with van der Waals surface area (Å²) in [5.41, 5.74) is 6.94. The molecule has 0 unspecified atom stereocenters. The average molecular weight is 540 g/mol. The van der Waals surface area contributed by atoms with Gasteiger partial charge in [-0.1, -0.05) is 41.6 Å². The number of amides is 1. The number of aromatic nitrogens is 4. The summed E-state index contributed by atoms with van der Waals surface area (Å²) in [6, 6.07) is 19.4. The van der Waals surface area contributed by atoms with Crippen LogP contribution < -0.4 is 14.8 Å². The molecule has 0 saturated heterocycles. The van der Waals surface area contributed by atoms with E-state index in [2.05, 4.69) is 46.5 Å². The van der Waals surface area contributed by atoms with E-state index in [0.717, 1.165) is 38.8 Å². The molecule has 0 fully saturated rings. The van der Waals surface area contributed by atoms with E-state index in [-0.39, 0.29) is 5.91 Å². The minimum atomic E-state index is -0.277. The lowest BCUT2D eigenvalue weighted by molar-refractivity contribution is 0.101. The zero-order chi connectivity index (χ0) is 27.5. The fourth-order valence-electron chi connectivity index (χ4n) is 4.39. The van der Waals surface area contributed by atoms with Crippen molar-refractivity contribution in [2.24, 2.45) is 7.05 Å². The molecule has 0 bridgehead atoms. The second-order valence-electron chi connectivity index (χ2n) is 9.01. The van der Waals surface area contributed by atoms with Gasteiger partial charge in [0.2, 0.25) is 0 Å². The van der Waals surface area contributed by atoms with Gasteiger partial charge in [0.25, 0.3) is 5.91 Å². The molecule has 8 nitrogen and oxygen atoms in total. The summed E-state index contributed by atoms with van der Waals surface area (Å²) in [6.45, 7) is 2.06. The molecule has 0 saturated carbocycles. The zero-order valence-corrected chi connectivity index (χ0v) is 23.2. The number of H-pyrrole nitrogens is 1. The van der Waals surface area contributed by atoms with Gasteiger partial charge in [0.15, 0.2) is 5.16 Å². The Morgan fingerprint density at radius 3 is 2.49 bits per heavy atom. The van der Waals surface area contributed by atoms with Crippen LogP contribution in [0, 0.1) is 6.92 Å². The predicted molar refractivity (Wildman–Crippen MR) is 156 cm³/mol. The number of anilines is 1. The van der Waals surface area contributed by atoms with Crippen molar-refractivity contribution < 1.29 is 14.3 Å². The number of rotatable bonds is 8. The fourth-order valence-corrected chi connectivity index (χ4v) is 4.78. The minimum Gasteiger partial charge on any atom is -0.497 e. The number of pyridine rings is 1. The number of benzene rings is 2. The number of nitrogens with zero attached hydrogens (tertiary/aromatic N) is 3. The number of nitrogens with one attached hydrogen (secondary N) is 2. The number of imidazole rings is 1. The number of thioether (sulfide) groups is 1. The topological polar surface area (TPSA) is 94.1 Å². The Hall–Kier alpha value is -4.50. The Bertz CT molecular complexity index is 1640. The predicted octanol–water partition coefficient (Wildman–Crippen LogP) is 6.44. The SMILES string of the molecule is COc1ccc(OC)c(-c2cc(C(=O)Nc3cc(-c4nc(SC)[nH]c4-c4ccc(C)cc4)ccn3)n(C)c2)c1. The monoisotopic (exact) mass is 539 g/mol. The maximum Gasteiger partial charge on any atom is 0.273 e. The van der Waals surface area contributed by atoms with Crippen LogP contribution in [0.15, 0.2) is 78.2 Å². The average Bonchev–Trinajstić information content (AvgIpc) is 3.57. The number of carbonyl (C=O) groups is 1. The smallest absolute Gasteiger partial charge is 0.273 e. The molecule has 9 heteroatoms. The van der Waals surface area contributed by atoms with Gasteiger partial charge >= 0.3 is 0 Å². The van der Waals surface area contributed by atoms with Gasteiger partial charge < -0.3 is 24.3 Å². The first-order valence-corrected chi connectivity index (χ1v) is 13.5. The summed E-state index contributed by atoms with van der Waals surface area (Å²) >= 11 is 1.54. The molecule has 0 aliphatic carbocycles. The van der Waals surface area contributed by atoms with Crippen LogP contribution in [0.1, 0.15) is 16.1 Å². The van der Waals surface area contributed by atoms with Gasteiger partial charge in [-0.05, 0) is 49.6 Å². The number of carbonyl (C=O) groups excluding carboxylic acids is 1. The number of ether oxygens (including phenoxy) is 2. The quantitative estimate of drug-likeness (QED) is 0.220. The molecule has 0 spiro atoms. The van der Waals surface area contributed by atoms with Crippen molar-refractivity contribution in [2.75, 3.05) is 25.8 Å². The highest BCUT2D eigenvalue weighted by atomic mass is 32.2. The second-order valence-corrected chi connectivity index (χ2v) is 9.81. The molecule has 198 valence electrons. The summed E-state index contributed by atoms with van der Waals surface area (Å²) < 4.78 is 12.7. The maximum atomic E-state index is 13.3. The molecule has 0 radical (unpaired) electrons. The second kappa shape index (κ2) is 11.1. The van der Waals surface area contributed by atoms with Crippen LogP contribution in [0.3, 0.4) is 0 Å². The number of aryl methyl sites for hydroxylation is 2. The van der Waals surface area contributed by atoms with Gasteiger partial charge in [0, 0.05) is 41.7 Å². The van der Waals surface area contributed by atoms with Crippen molar-refractivity contribution >= 4 is 23.5 Å². The highest BCUT2D eigenvalue weighted by molar-refractivity contribution is 7.98. The van der Waals surface area contributed by atoms with Crippen molar-refractivity contribution in [2.45, 2.75) is 12.1 Å². The number of hydrogen-bond acceptors (Lipinski definition) is 6. The van der Waals surface area contributed by atoms with Crippen LogP contribution in [-0.2, 0) is 7.05 Å². The Kier molecular flexibility index (Phi) is 7.42. The Balaban J connectivity index is 1.44. The van der Waals surface area contributed by atoms with Gasteiger partial charge in [-0.2, -0.15) is 0 Å². The van der Waals surface area contributed by atoms with Crippen LogP contribution in [-0.4, -0.2) is 45.9 Å². The third-order valence-electron chi connectivity index (χ3n) is 6.45. The molecule has 3 heterocycles. The molecule has 5 aromatic rings. The van der Waals surface area contributed by atoms with E-state index in [9.17, 15) is 4.79 Å². The van der Waals surface area contributed by atoms with E-state index < -0.39 is 0 Å². The third-order valence-corrected chi connectivity index (χ3v) is 7.03. The molecular formula is C30H29N5O3S. The van der Waals surface area contributed by atoms with Crippen molar-refractivity contribution in [3.8, 4) is 45.1 Å². The van der Waals surface area contributed by atoms with E-state index in [1.807, 2.05) is 55.9 Å². The Morgan fingerprint density at radius 2 is 1.77 bits per heavy atom. The van der Waals surface area contributed by atoms with Crippen LogP contribution in [0.2, 0.25) is 0 Å². The van der Waals surface area contributed by atoms with Crippen molar-refractivity contribution in [3.63, 3.8) is 0 Å². The Morgan fingerprint density at radius 1 is 0.974 bits per heavy atom. The van der Waals surface area contributed by atoms with Crippen molar-refractivity contribution in [3.05, 3.63) is 84.3 Å². The highest BCUT2D eigenvalue weighted by Crippen LogP contribution is 2.35. The van der Waals surface area contributed by atoms with E-state index in [0.29, 0.717) is 23.0 Å². The highest BCUT2D eigenvalue weighted by Gasteiger charge is 2.18. The number of aromatic amines is 1. The normalized spacial score (nSPS) is 10.9. The first-order chi connectivity index (χ1) is 18.9. The fraction of sp³-hybridized carbons (Fsp3) is 0.167.